The van der Waals surface area contributed by atoms with Gasteiger partial charge in [0.25, 0.3) is 5.79 Å². The molecule has 0 unspecified atom stereocenters. The van der Waals surface area contributed by atoms with Gasteiger partial charge in [0, 0.05) is 13.3 Å². The molecule has 20 heteroatoms. The summed E-state index contributed by atoms with van der Waals surface area (Å²) in [5.41, 5.74) is 0. The first-order valence-corrected chi connectivity index (χ1v) is 13.2. The SMILES string of the molecule is CC(=O)N[C@H]1[C@H]([C@H](O)[C@H](O)CO)O[C@@](O[C@@H]2[C@@H](O)[C@H](O[C@H]3[C@H](O)[C@@H](O)[C@H](O)O[C@@H]3CO)O[C@H](CO)[C@H]2O)(C(=O)O)C[C@@H]1O. The highest BCUT2D eigenvalue weighted by Gasteiger charge is 2.60. The van der Waals surface area contributed by atoms with Gasteiger partial charge in [-0.1, -0.05) is 0 Å². The second-order valence-corrected chi connectivity index (χ2v) is 10.5. The third kappa shape index (κ3) is 7.41. The van der Waals surface area contributed by atoms with Gasteiger partial charge in [0.05, 0.1) is 32.0 Å². The van der Waals surface area contributed by atoms with Crippen LogP contribution in [0.25, 0.3) is 0 Å². The van der Waals surface area contributed by atoms with Crippen LogP contribution in [0.1, 0.15) is 13.3 Å². The minimum atomic E-state index is -3.02. The summed E-state index contributed by atoms with van der Waals surface area (Å²) in [6.07, 6.45) is -27.8. The Balaban J connectivity index is 1.94. The zero-order chi connectivity index (χ0) is 32.4. The molecule has 3 aliphatic heterocycles. The van der Waals surface area contributed by atoms with Crippen molar-refractivity contribution in [2.24, 2.45) is 0 Å². The van der Waals surface area contributed by atoms with E-state index in [0.717, 1.165) is 6.92 Å². The van der Waals surface area contributed by atoms with Crippen LogP contribution in [0.15, 0.2) is 0 Å². The highest BCUT2D eigenvalue weighted by atomic mass is 16.8. The first kappa shape index (κ1) is 35.8. The topological polar surface area (TPSA) is 335 Å². The Kier molecular flexibility index (Phi) is 12.1. The zero-order valence-electron chi connectivity index (χ0n) is 22.7. The quantitative estimate of drug-likeness (QED) is 0.100. The molecule has 3 saturated heterocycles. The number of hydrogen-bond acceptors (Lipinski definition) is 18. The first-order chi connectivity index (χ1) is 20.1. The van der Waals surface area contributed by atoms with Crippen molar-refractivity contribution >= 4 is 11.9 Å². The fourth-order valence-corrected chi connectivity index (χ4v) is 5.16. The van der Waals surface area contributed by atoms with Crippen molar-refractivity contribution in [3.8, 4) is 0 Å². The molecule has 0 aromatic heterocycles. The number of carboxylic acid groups (broad SMARTS) is 1. The monoisotopic (exact) mass is 633 g/mol. The van der Waals surface area contributed by atoms with Crippen molar-refractivity contribution in [3.05, 3.63) is 0 Å². The van der Waals surface area contributed by atoms with Gasteiger partial charge < -0.3 is 90.3 Å². The molecule has 3 fully saturated rings. The van der Waals surface area contributed by atoms with Crippen molar-refractivity contribution in [3.63, 3.8) is 0 Å². The number of nitrogens with one attached hydrogen (secondary N) is 1. The number of carbonyl (C=O) groups is 2. The zero-order valence-corrected chi connectivity index (χ0v) is 22.7. The van der Waals surface area contributed by atoms with E-state index >= 15 is 0 Å². The van der Waals surface area contributed by atoms with Crippen LogP contribution in [0.2, 0.25) is 0 Å². The van der Waals surface area contributed by atoms with Crippen LogP contribution >= 0.6 is 0 Å². The van der Waals surface area contributed by atoms with Gasteiger partial charge in [0.15, 0.2) is 12.6 Å². The molecule has 0 spiro atoms. The molecule has 0 saturated carbocycles. The van der Waals surface area contributed by atoms with E-state index in [9.17, 15) is 70.9 Å². The highest BCUT2D eigenvalue weighted by Crippen LogP contribution is 2.38. The molecule has 16 atom stereocenters. The maximum atomic E-state index is 12.5. The lowest BCUT2D eigenvalue weighted by Crippen LogP contribution is -2.70. The normalized spacial score (nSPS) is 45.3. The number of aliphatic carboxylic acids is 1. The number of amides is 1. The van der Waals surface area contributed by atoms with Gasteiger partial charge >= 0.3 is 5.97 Å². The van der Waals surface area contributed by atoms with Crippen LogP contribution in [-0.4, -0.2) is 191 Å². The Bertz CT molecular complexity index is 942. The molecule has 0 aromatic rings. The standard InChI is InChI=1S/C23H39NO19/c1-6(28)24-11-7(29)2-23(22(37)38,42-18(11)12(31)8(30)3-25)43-19-13(32)9(4-26)40-21(16(19)35)41-17-10(5-27)39-20(36)15(34)14(17)33/h7-21,25-27,29-36H,2-5H2,1H3,(H,24,28)(H,37,38)/t7-,8+,9+,10+,11+,12+,13+,14+,15+,16+,17+,18+,19-,20+,21-,23-/m0/s1. The first-order valence-electron chi connectivity index (χ1n) is 13.2. The average molecular weight is 634 g/mol. The predicted molar refractivity (Wildman–Crippen MR) is 130 cm³/mol. The molecule has 3 aliphatic rings. The number of aliphatic hydroxyl groups is 11. The second-order valence-electron chi connectivity index (χ2n) is 10.5. The van der Waals surface area contributed by atoms with Crippen molar-refractivity contribution in [1.29, 1.82) is 0 Å². The largest absolute Gasteiger partial charge is 0.477 e. The number of aliphatic hydroxyl groups excluding tert-OH is 11. The molecule has 0 radical (unpaired) electrons. The molecule has 250 valence electrons. The van der Waals surface area contributed by atoms with E-state index in [-0.39, 0.29) is 0 Å². The molecular weight excluding hydrogens is 594 g/mol. The fourth-order valence-electron chi connectivity index (χ4n) is 5.16. The van der Waals surface area contributed by atoms with Crippen LogP contribution < -0.4 is 5.32 Å². The molecular formula is C23H39NO19. The summed E-state index contributed by atoms with van der Waals surface area (Å²) >= 11 is 0. The molecule has 13 N–H and O–H groups in total. The lowest BCUT2D eigenvalue weighted by Gasteiger charge is -2.50. The highest BCUT2D eigenvalue weighted by molar-refractivity contribution is 5.76. The summed E-state index contributed by atoms with van der Waals surface area (Å²) < 4.78 is 26.8. The summed E-state index contributed by atoms with van der Waals surface area (Å²) in [7, 11) is 0. The molecule has 0 bridgehead atoms. The van der Waals surface area contributed by atoms with Gasteiger partial charge in [-0.25, -0.2) is 4.79 Å². The summed E-state index contributed by atoms with van der Waals surface area (Å²) in [6, 6.07) is -1.54. The number of carboxylic acids is 1. The third-order valence-electron chi connectivity index (χ3n) is 7.47. The van der Waals surface area contributed by atoms with Crippen molar-refractivity contribution < 1.29 is 94.6 Å². The van der Waals surface area contributed by atoms with E-state index in [2.05, 4.69) is 5.32 Å². The molecule has 3 heterocycles. The van der Waals surface area contributed by atoms with Gasteiger partial charge in [-0.15, -0.1) is 0 Å². The number of carbonyl (C=O) groups excluding carboxylic acids is 1. The minimum Gasteiger partial charge on any atom is -0.477 e. The summed E-state index contributed by atoms with van der Waals surface area (Å²) in [5, 5.41) is 124. The Morgan fingerprint density at radius 1 is 0.907 bits per heavy atom. The second kappa shape index (κ2) is 14.6. The van der Waals surface area contributed by atoms with Crippen LogP contribution in [0.4, 0.5) is 0 Å². The molecule has 43 heavy (non-hydrogen) atoms. The van der Waals surface area contributed by atoms with Crippen LogP contribution in [0.5, 0.6) is 0 Å². The predicted octanol–water partition coefficient (Wildman–Crippen LogP) is -8.22. The molecule has 20 nitrogen and oxygen atoms in total. The Hall–Kier alpha value is -1.70. The van der Waals surface area contributed by atoms with E-state index in [4.69, 9.17) is 23.7 Å². The maximum Gasteiger partial charge on any atom is 0.364 e. The summed E-state index contributed by atoms with van der Waals surface area (Å²) in [5.74, 6) is -5.74. The van der Waals surface area contributed by atoms with E-state index in [1.165, 1.54) is 0 Å². The minimum absolute atomic E-state index is 0.749. The van der Waals surface area contributed by atoms with Crippen LogP contribution in [0.3, 0.4) is 0 Å². The molecule has 0 aromatic carbocycles. The summed E-state index contributed by atoms with van der Waals surface area (Å²) in [4.78, 5) is 24.3. The lowest BCUT2D eigenvalue weighted by molar-refractivity contribution is -0.385. The van der Waals surface area contributed by atoms with E-state index in [0.29, 0.717) is 0 Å². The molecule has 1 amide bonds. The van der Waals surface area contributed by atoms with Gasteiger partial charge in [-0.3, -0.25) is 4.79 Å². The Morgan fingerprint density at radius 3 is 2.07 bits per heavy atom. The van der Waals surface area contributed by atoms with Crippen LogP contribution in [-0.2, 0) is 33.3 Å². The number of rotatable bonds is 11. The molecule has 0 aliphatic carbocycles. The Morgan fingerprint density at radius 2 is 1.53 bits per heavy atom. The van der Waals surface area contributed by atoms with Gasteiger partial charge in [0.1, 0.15) is 67.1 Å². The Labute approximate surface area is 243 Å². The fraction of sp³-hybridized carbons (Fsp3) is 0.913. The van der Waals surface area contributed by atoms with Gasteiger partial charge in [0.2, 0.25) is 5.91 Å². The molecule has 3 rings (SSSR count). The van der Waals surface area contributed by atoms with Gasteiger partial charge in [-0.05, 0) is 0 Å². The van der Waals surface area contributed by atoms with Crippen LogP contribution in [0, 0.1) is 0 Å². The van der Waals surface area contributed by atoms with Crippen molar-refractivity contribution in [2.75, 3.05) is 19.8 Å². The van der Waals surface area contributed by atoms with Crippen molar-refractivity contribution in [1.82, 2.24) is 5.32 Å². The van der Waals surface area contributed by atoms with Crippen molar-refractivity contribution in [2.45, 2.75) is 111 Å². The smallest absolute Gasteiger partial charge is 0.364 e. The lowest BCUT2D eigenvalue weighted by atomic mass is 9.88. The average Bonchev–Trinajstić information content (AvgIpc) is 2.96. The van der Waals surface area contributed by atoms with Gasteiger partial charge in [-0.2, -0.15) is 0 Å². The number of ether oxygens (including phenoxy) is 5. The summed E-state index contributed by atoms with van der Waals surface area (Å²) in [6.45, 7) is -1.85. The van der Waals surface area contributed by atoms with E-state index in [1.54, 1.807) is 0 Å². The van der Waals surface area contributed by atoms with E-state index in [1.807, 2.05) is 0 Å². The third-order valence-corrected chi connectivity index (χ3v) is 7.47. The van der Waals surface area contributed by atoms with E-state index < -0.39 is 136 Å². The maximum absolute atomic E-state index is 12.5. The number of hydrogen-bond donors (Lipinski definition) is 13.